The average Bonchev–Trinajstić information content (AvgIpc) is 3.16. The molecule has 3 rings (SSSR count). The van der Waals surface area contributed by atoms with Crippen molar-refractivity contribution in [3.63, 3.8) is 0 Å². The highest BCUT2D eigenvalue weighted by Crippen LogP contribution is 2.39. The monoisotopic (exact) mass is 375 g/mol. The molecule has 26 heavy (non-hydrogen) atoms. The standard InChI is InChI=1S/C19H25N3O3S/c1-11(2)25-19(24)16-14-7-5-6-8-15(14)26-18(16)21-17(23)13(4)22-12(3)9-10-20-22/h9-11,13H,5-8H2,1-4H3,(H,21,23). The van der Waals surface area contributed by atoms with Crippen molar-refractivity contribution in [3.05, 3.63) is 34.0 Å². The first-order valence-corrected chi connectivity index (χ1v) is 9.86. The van der Waals surface area contributed by atoms with Gasteiger partial charge in [-0.1, -0.05) is 0 Å². The van der Waals surface area contributed by atoms with Crippen molar-refractivity contribution in [1.29, 1.82) is 0 Å². The minimum atomic E-state index is -0.460. The van der Waals surface area contributed by atoms with Gasteiger partial charge >= 0.3 is 5.97 Å². The second-order valence-electron chi connectivity index (χ2n) is 6.95. The number of nitrogens with one attached hydrogen (secondary N) is 1. The van der Waals surface area contributed by atoms with Gasteiger partial charge in [-0.25, -0.2) is 4.79 Å². The quantitative estimate of drug-likeness (QED) is 0.805. The summed E-state index contributed by atoms with van der Waals surface area (Å²) in [5.41, 5.74) is 2.50. The van der Waals surface area contributed by atoms with Crippen LogP contribution in [0.1, 0.15) is 66.1 Å². The maximum atomic E-state index is 12.8. The summed E-state index contributed by atoms with van der Waals surface area (Å²) >= 11 is 1.50. The third-order valence-electron chi connectivity index (χ3n) is 4.57. The Morgan fingerprint density at radius 2 is 2.00 bits per heavy atom. The van der Waals surface area contributed by atoms with Crippen LogP contribution < -0.4 is 5.32 Å². The highest BCUT2D eigenvalue weighted by atomic mass is 32.1. The maximum absolute atomic E-state index is 12.8. The van der Waals surface area contributed by atoms with Crippen LogP contribution in [0, 0.1) is 6.92 Å². The van der Waals surface area contributed by atoms with Gasteiger partial charge in [0.1, 0.15) is 11.0 Å². The number of hydrogen-bond acceptors (Lipinski definition) is 5. The van der Waals surface area contributed by atoms with E-state index in [0.29, 0.717) is 10.6 Å². The van der Waals surface area contributed by atoms with Crippen molar-refractivity contribution in [2.24, 2.45) is 0 Å². The lowest BCUT2D eigenvalue weighted by molar-refractivity contribution is -0.119. The normalized spacial score (nSPS) is 14.8. The summed E-state index contributed by atoms with van der Waals surface area (Å²) in [6.45, 7) is 7.37. The molecule has 0 aromatic carbocycles. The van der Waals surface area contributed by atoms with Gasteiger partial charge in [0, 0.05) is 16.8 Å². The Hall–Kier alpha value is -2.15. The highest BCUT2D eigenvalue weighted by molar-refractivity contribution is 7.17. The number of rotatable bonds is 5. The van der Waals surface area contributed by atoms with Gasteiger partial charge in [0.25, 0.3) is 0 Å². The number of nitrogens with zero attached hydrogens (tertiary/aromatic N) is 2. The first-order chi connectivity index (χ1) is 12.4. The third kappa shape index (κ3) is 3.67. The van der Waals surface area contributed by atoms with Crippen molar-refractivity contribution < 1.29 is 14.3 Å². The SMILES string of the molecule is Cc1ccnn1C(C)C(=O)Nc1sc2c(c1C(=O)OC(C)C)CCCC2. The number of anilines is 1. The van der Waals surface area contributed by atoms with Gasteiger partial charge in [-0.05, 0) is 65.0 Å². The molecule has 1 N–H and O–H groups in total. The van der Waals surface area contributed by atoms with Crippen LogP contribution in [0.4, 0.5) is 5.00 Å². The van der Waals surface area contributed by atoms with E-state index >= 15 is 0 Å². The molecule has 6 nitrogen and oxygen atoms in total. The molecule has 2 aromatic rings. The lowest BCUT2D eigenvalue weighted by Gasteiger charge is -2.16. The number of aromatic nitrogens is 2. The van der Waals surface area contributed by atoms with Gasteiger partial charge in [0.05, 0.1) is 11.7 Å². The van der Waals surface area contributed by atoms with E-state index in [1.807, 2.05) is 26.8 Å². The lowest BCUT2D eigenvalue weighted by atomic mass is 9.95. The van der Waals surface area contributed by atoms with E-state index < -0.39 is 6.04 Å². The lowest BCUT2D eigenvalue weighted by Crippen LogP contribution is -2.26. The second-order valence-corrected chi connectivity index (χ2v) is 8.06. The molecule has 0 radical (unpaired) electrons. The number of thiophene rings is 1. The summed E-state index contributed by atoms with van der Waals surface area (Å²) in [6.07, 6.45) is 5.46. The molecular weight excluding hydrogens is 350 g/mol. The number of hydrogen-bond donors (Lipinski definition) is 1. The fourth-order valence-corrected chi connectivity index (χ4v) is 4.54. The third-order valence-corrected chi connectivity index (χ3v) is 5.78. The first-order valence-electron chi connectivity index (χ1n) is 9.05. The summed E-state index contributed by atoms with van der Waals surface area (Å²) in [7, 11) is 0. The van der Waals surface area contributed by atoms with E-state index in [1.54, 1.807) is 17.8 Å². The molecule has 1 amide bonds. The fourth-order valence-electron chi connectivity index (χ4n) is 3.26. The van der Waals surface area contributed by atoms with E-state index in [2.05, 4.69) is 10.4 Å². The topological polar surface area (TPSA) is 73.2 Å². The molecule has 140 valence electrons. The summed E-state index contributed by atoms with van der Waals surface area (Å²) in [5, 5.41) is 7.76. The van der Waals surface area contributed by atoms with Gasteiger partial charge in [0.2, 0.25) is 5.91 Å². The van der Waals surface area contributed by atoms with Crippen molar-refractivity contribution in [2.45, 2.75) is 65.5 Å². The Labute approximate surface area is 157 Å². The largest absolute Gasteiger partial charge is 0.459 e. The van der Waals surface area contributed by atoms with Crippen molar-refractivity contribution in [2.75, 3.05) is 5.32 Å². The first kappa shape index (κ1) is 18.6. The van der Waals surface area contributed by atoms with Crippen LogP contribution in [0.3, 0.4) is 0 Å². The highest BCUT2D eigenvalue weighted by Gasteiger charge is 2.29. The molecule has 0 saturated carbocycles. The summed E-state index contributed by atoms with van der Waals surface area (Å²) in [5.74, 6) is -0.536. The zero-order valence-electron chi connectivity index (χ0n) is 15.7. The molecule has 0 spiro atoms. The fraction of sp³-hybridized carbons (Fsp3) is 0.526. The zero-order valence-corrected chi connectivity index (χ0v) is 16.5. The van der Waals surface area contributed by atoms with Crippen LogP contribution in [-0.2, 0) is 22.4 Å². The van der Waals surface area contributed by atoms with Crippen LogP contribution >= 0.6 is 11.3 Å². The van der Waals surface area contributed by atoms with Crippen LogP contribution in [0.5, 0.6) is 0 Å². The number of fused-ring (bicyclic) bond motifs is 1. The van der Waals surface area contributed by atoms with Crippen LogP contribution in [0.15, 0.2) is 12.3 Å². The number of esters is 1. The zero-order chi connectivity index (χ0) is 18.8. The van der Waals surface area contributed by atoms with E-state index in [9.17, 15) is 9.59 Å². The van der Waals surface area contributed by atoms with Crippen molar-refractivity contribution in [3.8, 4) is 0 Å². The summed E-state index contributed by atoms with van der Waals surface area (Å²) < 4.78 is 7.11. The maximum Gasteiger partial charge on any atom is 0.341 e. The smallest absolute Gasteiger partial charge is 0.341 e. The molecule has 1 aliphatic carbocycles. The van der Waals surface area contributed by atoms with E-state index in [0.717, 1.165) is 36.9 Å². The molecule has 7 heteroatoms. The summed E-state index contributed by atoms with van der Waals surface area (Å²) in [6, 6.07) is 1.40. The van der Waals surface area contributed by atoms with Crippen molar-refractivity contribution in [1.82, 2.24) is 9.78 Å². The van der Waals surface area contributed by atoms with Crippen LogP contribution in [-0.4, -0.2) is 27.8 Å². The summed E-state index contributed by atoms with van der Waals surface area (Å²) in [4.78, 5) is 26.6. The predicted octanol–water partition coefficient (Wildman–Crippen LogP) is 3.90. The predicted molar refractivity (Wildman–Crippen MR) is 102 cm³/mol. The minimum Gasteiger partial charge on any atom is -0.459 e. The Morgan fingerprint density at radius 1 is 1.27 bits per heavy atom. The Bertz CT molecular complexity index is 822. The molecule has 1 aliphatic rings. The van der Waals surface area contributed by atoms with E-state index in [1.165, 1.54) is 16.2 Å². The van der Waals surface area contributed by atoms with E-state index in [-0.39, 0.29) is 18.0 Å². The minimum absolute atomic E-state index is 0.186. The average molecular weight is 375 g/mol. The van der Waals surface area contributed by atoms with Gasteiger partial charge in [-0.3, -0.25) is 9.48 Å². The Kier molecular flexibility index (Phi) is 5.46. The number of carbonyl (C=O) groups excluding carboxylic acids is 2. The molecular formula is C19H25N3O3S. The molecule has 1 unspecified atom stereocenters. The number of amides is 1. The number of aryl methyl sites for hydroxylation is 2. The second kappa shape index (κ2) is 7.61. The van der Waals surface area contributed by atoms with Crippen molar-refractivity contribution >= 4 is 28.2 Å². The van der Waals surface area contributed by atoms with Crippen LogP contribution in [0.25, 0.3) is 0 Å². The molecule has 0 aliphatic heterocycles. The van der Waals surface area contributed by atoms with E-state index in [4.69, 9.17) is 4.74 Å². The molecule has 0 fully saturated rings. The molecule has 2 aromatic heterocycles. The molecule has 1 atom stereocenters. The van der Waals surface area contributed by atoms with Gasteiger partial charge < -0.3 is 10.1 Å². The van der Waals surface area contributed by atoms with Crippen LogP contribution in [0.2, 0.25) is 0 Å². The van der Waals surface area contributed by atoms with Gasteiger partial charge in [0.15, 0.2) is 0 Å². The van der Waals surface area contributed by atoms with Gasteiger partial charge in [-0.2, -0.15) is 5.10 Å². The number of ether oxygens (including phenoxy) is 1. The Balaban J connectivity index is 1.89. The number of carbonyl (C=O) groups is 2. The molecule has 2 heterocycles. The molecule has 0 saturated heterocycles. The molecule has 0 bridgehead atoms. The Morgan fingerprint density at radius 3 is 2.65 bits per heavy atom. The van der Waals surface area contributed by atoms with Gasteiger partial charge in [-0.15, -0.1) is 11.3 Å².